The molecule has 0 radical (unpaired) electrons. The Balaban J connectivity index is 1.83. The summed E-state index contributed by atoms with van der Waals surface area (Å²) in [7, 11) is -2.14. The Morgan fingerprint density at radius 3 is 2.32 bits per heavy atom. The number of methoxy groups -OCH3 is 1. The Morgan fingerprint density at radius 2 is 1.72 bits per heavy atom. The number of benzene rings is 2. The summed E-state index contributed by atoms with van der Waals surface area (Å²) in [6.07, 6.45) is 0.0621. The summed E-state index contributed by atoms with van der Waals surface area (Å²) in [6.45, 7) is 1.91. The standard InChI is InChI=1S/C18H22N2O4S/c1-14(15-6-4-3-5-7-15)20-18(21)12-13-19-25(22,23)17-10-8-16(24-2)9-11-17/h3-11,14,19H,12-13H2,1-2H3,(H,20,21). The van der Waals surface area contributed by atoms with E-state index in [1.165, 1.54) is 19.2 Å². The SMILES string of the molecule is COc1ccc(S(=O)(=O)NCCC(=O)NC(C)c2ccccc2)cc1. The van der Waals surface area contributed by atoms with Crippen LogP contribution in [0.5, 0.6) is 5.75 Å². The molecule has 6 nitrogen and oxygen atoms in total. The van der Waals surface area contributed by atoms with Crippen LogP contribution in [0.2, 0.25) is 0 Å². The van der Waals surface area contributed by atoms with Crippen LogP contribution in [-0.4, -0.2) is 28.0 Å². The van der Waals surface area contributed by atoms with Crippen molar-refractivity contribution < 1.29 is 17.9 Å². The Bertz CT molecular complexity index is 790. The number of hydrogen-bond acceptors (Lipinski definition) is 4. The van der Waals surface area contributed by atoms with Crippen LogP contribution < -0.4 is 14.8 Å². The number of amides is 1. The first-order valence-electron chi connectivity index (χ1n) is 7.90. The monoisotopic (exact) mass is 362 g/mol. The molecule has 1 amide bonds. The van der Waals surface area contributed by atoms with Gasteiger partial charge in [-0.25, -0.2) is 13.1 Å². The molecule has 0 aliphatic heterocycles. The quantitative estimate of drug-likeness (QED) is 0.754. The van der Waals surface area contributed by atoms with Crippen LogP contribution in [0.25, 0.3) is 0 Å². The zero-order valence-corrected chi connectivity index (χ0v) is 15.0. The largest absolute Gasteiger partial charge is 0.497 e. The van der Waals surface area contributed by atoms with Crippen LogP contribution in [0.4, 0.5) is 0 Å². The lowest BCUT2D eigenvalue weighted by atomic mass is 10.1. The summed E-state index contributed by atoms with van der Waals surface area (Å²) in [5.41, 5.74) is 0.995. The molecule has 0 bridgehead atoms. The van der Waals surface area contributed by atoms with Gasteiger partial charge in [-0.1, -0.05) is 30.3 Å². The summed E-state index contributed by atoms with van der Waals surface area (Å²) in [6, 6.07) is 15.5. The maximum absolute atomic E-state index is 12.2. The third-order valence-electron chi connectivity index (χ3n) is 3.69. The highest BCUT2D eigenvalue weighted by atomic mass is 32.2. The van der Waals surface area contributed by atoms with E-state index < -0.39 is 10.0 Å². The molecule has 0 aliphatic carbocycles. The van der Waals surface area contributed by atoms with Gasteiger partial charge in [-0.05, 0) is 36.8 Å². The summed E-state index contributed by atoms with van der Waals surface area (Å²) in [5.74, 6) is 0.363. The third kappa shape index (κ3) is 5.58. The Morgan fingerprint density at radius 1 is 1.08 bits per heavy atom. The highest BCUT2D eigenvalue weighted by molar-refractivity contribution is 7.89. The van der Waals surface area contributed by atoms with Crippen molar-refractivity contribution in [1.29, 1.82) is 0 Å². The molecule has 0 spiro atoms. The predicted molar refractivity (Wildman–Crippen MR) is 95.8 cm³/mol. The molecule has 0 saturated carbocycles. The number of carbonyl (C=O) groups excluding carboxylic acids is 1. The lowest BCUT2D eigenvalue weighted by Crippen LogP contribution is -2.32. The first-order chi connectivity index (χ1) is 11.9. The molecule has 0 fully saturated rings. The molecule has 2 aromatic carbocycles. The maximum Gasteiger partial charge on any atom is 0.240 e. The molecule has 0 aliphatic rings. The molecule has 7 heteroatoms. The van der Waals surface area contributed by atoms with Gasteiger partial charge in [0.2, 0.25) is 15.9 Å². The lowest BCUT2D eigenvalue weighted by Gasteiger charge is -2.14. The van der Waals surface area contributed by atoms with Crippen molar-refractivity contribution >= 4 is 15.9 Å². The van der Waals surface area contributed by atoms with Crippen LogP contribution in [0, 0.1) is 0 Å². The van der Waals surface area contributed by atoms with Gasteiger partial charge in [0.05, 0.1) is 18.0 Å². The van der Waals surface area contributed by atoms with Crippen molar-refractivity contribution in [1.82, 2.24) is 10.0 Å². The highest BCUT2D eigenvalue weighted by Crippen LogP contribution is 2.15. The third-order valence-corrected chi connectivity index (χ3v) is 5.17. The van der Waals surface area contributed by atoms with E-state index in [-0.39, 0.29) is 29.8 Å². The topological polar surface area (TPSA) is 84.5 Å². The maximum atomic E-state index is 12.2. The lowest BCUT2D eigenvalue weighted by molar-refractivity contribution is -0.121. The van der Waals surface area contributed by atoms with E-state index in [4.69, 9.17) is 4.74 Å². The zero-order valence-electron chi connectivity index (χ0n) is 14.2. The second-order valence-corrected chi connectivity index (χ2v) is 7.29. The van der Waals surface area contributed by atoms with Crippen molar-refractivity contribution in [3.8, 4) is 5.75 Å². The van der Waals surface area contributed by atoms with Crippen molar-refractivity contribution in [2.24, 2.45) is 0 Å². The average Bonchev–Trinajstić information content (AvgIpc) is 2.62. The molecule has 2 N–H and O–H groups in total. The number of carbonyl (C=O) groups is 1. The van der Waals surface area contributed by atoms with Gasteiger partial charge in [-0.3, -0.25) is 4.79 Å². The van der Waals surface area contributed by atoms with E-state index >= 15 is 0 Å². The van der Waals surface area contributed by atoms with Crippen molar-refractivity contribution in [2.45, 2.75) is 24.3 Å². The molecule has 0 heterocycles. The van der Waals surface area contributed by atoms with Crippen LogP contribution >= 0.6 is 0 Å². The van der Waals surface area contributed by atoms with Gasteiger partial charge in [0, 0.05) is 13.0 Å². The average molecular weight is 362 g/mol. The van der Waals surface area contributed by atoms with Gasteiger partial charge >= 0.3 is 0 Å². The van der Waals surface area contributed by atoms with Gasteiger partial charge < -0.3 is 10.1 Å². The van der Waals surface area contributed by atoms with E-state index in [0.717, 1.165) is 5.56 Å². The number of sulfonamides is 1. The number of ether oxygens (including phenoxy) is 1. The van der Waals surface area contributed by atoms with E-state index in [0.29, 0.717) is 5.75 Å². The van der Waals surface area contributed by atoms with E-state index in [1.807, 2.05) is 37.3 Å². The van der Waals surface area contributed by atoms with Crippen LogP contribution in [0.1, 0.15) is 24.9 Å². The molecule has 2 aromatic rings. The minimum Gasteiger partial charge on any atom is -0.497 e. The molecule has 1 atom stereocenters. The molecular weight excluding hydrogens is 340 g/mol. The van der Waals surface area contributed by atoms with Crippen molar-refractivity contribution in [3.05, 3.63) is 60.2 Å². The van der Waals surface area contributed by atoms with Gasteiger partial charge in [0.15, 0.2) is 0 Å². The Hall–Kier alpha value is -2.38. The molecule has 1 unspecified atom stereocenters. The second kappa shape index (κ2) is 8.64. The molecule has 134 valence electrons. The fourth-order valence-electron chi connectivity index (χ4n) is 2.28. The highest BCUT2D eigenvalue weighted by Gasteiger charge is 2.15. The Kier molecular flexibility index (Phi) is 6.55. The number of hydrogen-bond donors (Lipinski definition) is 2. The molecule has 0 saturated heterocycles. The van der Waals surface area contributed by atoms with Crippen LogP contribution in [0.15, 0.2) is 59.5 Å². The minimum absolute atomic E-state index is 0.0295. The van der Waals surface area contributed by atoms with Gasteiger partial charge in [-0.15, -0.1) is 0 Å². The van der Waals surface area contributed by atoms with Gasteiger partial charge in [0.1, 0.15) is 5.75 Å². The zero-order chi connectivity index (χ0) is 18.3. The summed E-state index contributed by atoms with van der Waals surface area (Å²) in [5, 5.41) is 2.85. The molecular formula is C18H22N2O4S. The minimum atomic E-state index is -3.65. The fourth-order valence-corrected chi connectivity index (χ4v) is 3.31. The van der Waals surface area contributed by atoms with Crippen LogP contribution in [0.3, 0.4) is 0 Å². The summed E-state index contributed by atoms with van der Waals surface area (Å²) in [4.78, 5) is 12.1. The first-order valence-corrected chi connectivity index (χ1v) is 9.39. The van der Waals surface area contributed by atoms with Crippen molar-refractivity contribution in [2.75, 3.05) is 13.7 Å². The molecule has 2 rings (SSSR count). The Labute approximate surface area is 148 Å². The van der Waals surface area contributed by atoms with E-state index in [1.54, 1.807) is 12.1 Å². The first kappa shape index (κ1) is 19.0. The molecule has 25 heavy (non-hydrogen) atoms. The second-order valence-electron chi connectivity index (χ2n) is 5.52. The summed E-state index contributed by atoms with van der Waals surface area (Å²) >= 11 is 0. The van der Waals surface area contributed by atoms with Crippen LogP contribution in [-0.2, 0) is 14.8 Å². The van der Waals surface area contributed by atoms with Gasteiger partial charge in [0.25, 0.3) is 0 Å². The smallest absolute Gasteiger partial charge is 0.240 e. The van der Waals surface area contributed by atoms with Gasteiger partial charge in [-0.2, -0.15) is 0 Å². The van der Waals surface area contributed by atoms with Crippen molar-refractivity contribution in [3.63, 3.8) is 0 Å². The molecule has 0 aromatic heterocycles. The number of rotatable bonds is 8. The summed E-state index contributed by atoms with van der Waals surface area (Å²) < 4.78 is 31.8. The normalized spacial score (nSPS) is 12.4. The van der Waals surface area contributed by atoms with E-state index in [2.05, 4.69) is 10.0 Å². The van der Waals surface area contributed by atoms with E-state index in [9.17, 15) is 13.2 Å². The fraction of sp³-hybridized carbons (Fsp3) is 0.278. The predicted octanol–water partition coefficient (Wildman–Crippen LogP) is 2.24. The number of nitrogens with one attached hydrogen (secondary N) is 2.